The molecule has 2 aliphatic rings. The van der Waals surface area contributed by atoms with Crippen molar-refractivity contribution in [1.29, 1.82) is 0 Å². The Morgan fingerprint density at radius 3 is 2.67 bits per heavy atom. The van der Waals surface area contributed by atoms with Gasteiger partial charge < -0.3 is 10.2 Å². The second-order valence-corrected chi connectivity index (χ2v) is 7.09. The molecule has 2 aromatic carbocycles. The highest BCUT2D eigenvalue weighted by molar-refractivity contribution is 6.33. The summed E-state index contributed by atoms with van der Waals surface area (Å²) in [6, 6.07) is 11.4. The Kier molecular flexibility index (Phi) is 4.47. The van der Waals surface area contributed by atoms with Crippen LogP contribution in [0.4, 0.5) is 10.1 Å². The van der Waals surface area contributed by atoms with E-state index < -0.39 is 0 Å². The Labute approximate surface area is 147 Å². The molecule has 1 unspecified atom stereocenters. The first kappa shape index (κ1) is 15.9. The fraction of sp³-hybridized carbons (Fsp3) is 0.400. The number of hydrogen-bond acceptors (Lipinski definition) is 2. The minimum absolute atomic E-state index is 0.180. The zero-order valence-electron chi connectivity index (χ0n) is 13.7. The number of halogens is 2. The zero-order chi connectivity index (χ0) is 16.5. The molecule has 1 saturated heterocycles. The highest BCUT2D eigenvalue weighted by Gasteiger charge is 2.30. The molecular weight excluding hydrogens is 323 g/mol. The molecule has 0 aliphatic carbocycles. The van der Waals surface area contributed by atoms with E-state index in [1.165, 1.54) is 22.4 Å². The lowest BCUT2D eigenvalue weighted by molar-refractivity contribution is 0.624. The van der Waals surface area contributed by atoms with Crippen LogP contribution in [0.25, 0.3) is 0 Å². The first-order valence-corrected chi connectivity index (χ1v) is 9.15. The third-order valence-corrected chi connectivity index (χ3v) is 5.55. The Hall–Kier alpha value is -1.58. The summed E-state index contributed by atoms with van der Waals surface area (Å²) in [5, 5.41) is 4.31. The third kappa shape index (κ3) is 2.91. The molecule has 2 heterocycles. The molecule has 0 bridgehead atoms. The molecule has 1 fully saturated rings. The van der Waals surface area contributed by atoms with E-state index in [1.54, 1.807) is 12.1 Å². The smallest absolute Gasteiger partial charge is 0.123 e. The lowest BCUT2D eigenvalue weighted by atomic mass is 9.98. The van der Waals surface area contributed by atoms with Crippen LogP contribution in [-0.2, 0) is 12.8 Å². The number of fused-ring (bicyclic) bond motifs is 1. The molecule has 2 nitrogen and oxygen atoms in total. The van der Waals surface area contributed by atoms with Crippen LogP contribution in [0.15, 0.2) is 36.4 Å². The van der Waals surface area contributed by atoms with Gasteiger partial charge in [0.1, 0.15) is 5.82 Å². The van der Waals surface area contributed by atoms with Crippen molar-refractivity contribution in [2.24, 2.45) is 0 Å². The number of anilines is 1. The van der Waals surface area contributed by atoms with E-state index in [2.05, 4.69) is 16.3 Å². The topological polar surface area (TPSA) is 15.3 Å². The minimum Gasteiger partial charge on any atom is -0.363 e. The van der Waals surface area contributed by atoms with Gasteiger partial charge in [-0.3, -0.25) is 0 Å². The van der Waals surface area contributed by atoms with Crippen LogP contribution in [0.5, 0.6) is 0 Å². The van der Waals surface area contributed by atoms with E-state index in [4.69, 9.17) is 11.6 Å². The molecule has 0 aromatic heterocycles. The van der Waals surface area contributed by atoms with Gasteiger partial charge in [0.05, 0.1) is 16.8 Å². The van der Waals surface area contributed by atoms with E-state index in [1.807, 2.05) is 18.2 Å². The van der Waals surface area contributed by atoms with Crippen LogP contribution in [0.3, 0.4) is 0 Å². The number of hydrogen-bond donors (Lipinski definition) is 1. The molecule has 126 valence electrons. The van der Waals surface area contributed by atoms with Crippen LogP contribution >= 0.6 is 11.6 Å². The first-order valence-electron chi connectivity index (χ1n) is 8.77. The summed E-state index contributed by atoms with van der Waals surface area (Å²) in [4.78, 5) is 2.44. The second-order valence-electron chi connectivity index (χ2n) is 6.69. The van der Waals surface area contributed by atoms with E-state index >= 15 is 0 Å². The summed E-state index contributed by atoms with van der Waals surface area (Å²) in [5.41, 5.74) is 5.17. The summed E-state index contributed by atoms with van der Waals surface area (Å²) in [5.74, 6) is -0.180. The average Bonchev–Trinajstić information content (AvgIpc) is 2.93. The first-order chi connectivity index (χ1) is 11.7. The fourth-order valence-electron chi connectivity index (χ4n) is 4.10. The number of nitrogens with one attached hydrogen (secondary N) is 1. The van der Waals surface area contributed by atoms with Gasteiger partial charge in [-0.05, 0) is 73.7 Å². The van der Waals surface area contributed by atoms with E-state index in [9.17, 15) is 4.39 Å². The molecule has 0 radical (unpaired) electrons. The molecular formula is C20H22ClFN2. The Morgan fingerprint density at radius 1 is 1.04 bits per heavy atom. The average molecular weight is 345 g/mol. The van der Waals surface area contributed by atoms with E-state index in [0.29, 0.717) is 0 Å². The molecule has 1 N–H and O–H groups in total. The number of benzene rings is 2. The van der Waals surface area contributed by atoms with Crippen LogP contribution in [0.2, 0.25) is 5.02 Å². The zero-order valence-corrected chi connectivity index (χ0v) is 14.5. The summed E-state index contributed by atoms with van der Waals surface area (Å²) in [7, 11) is 0. The van der Waals surface area contributed by atoms with Crippen molar-refractivity contribution in [2.45, 2.75) is 31.7 Å². The number of nitrogens with zero attached hydrogens (tertiary/aromatic N) is 1. The highest BCUT2D eigenvalue weighted by Crippen LogP contribution is 2.42. The fourth-order valence-corrected chi connectivity index (χ4v) is 4.39. The molecule has 24 heavy (non-hydrogen) atoms. The van der Waals surface area contributed by atoms with Crippen molar-refractivity contribution in [2.75, 3.05) is 24.5 Å². The lowest BCUT2D eigenvalue weighted by Crippen LogP contribution is -2.25. The van der Waals surface area contributed by atoms with Gasteiger partial charge in [-0.2, -0.15) is 0 Å². The highest BCUT2D eigenvalue weighted by atomic mass is 35.5. The Morgan fingerprint density at radius 2 is 1.83 bits per heavy atom. The molecule has 4 heteroatoms. The van der Waals surface area contributed by atoms with Crippen molar-refractivity contribution in [3.05, 3.63) is 63.9 Å². The predicted octanol–water partition coefficient (Wildman–Crippen LogP) is 4.51. The van der Waals surface area contributed by atoms with Crippen LogP contribution in [-0.4, -0.2) is 19.6 Å². The van der Waals surface area contributed by atoms with E-state index in [-0.39, 0.29) is 11.9 Å². The van der Waals surface area contributed by atoms with Gasteiger partial charge in [0.25, 0.3) is 0 Å². The monoisotopic (exact) mass is 344 g/mol. The molecule has 0 spiro atoms. The van der Waals surface area contributed by atoms with Crippen LogP contribution in [0.1, 0.15) is 35.6 Å². The standard InChI is InChI=1S/C20H22ClFN2/c21-18-8-5-14-9-11-23-12-10-17(14)20(18)24-13-1-2-19(24)15-3-6-16(22)7-4-15/h3-8,19,23H,1-2,9-13H2. The quantitative estimate of drug-likeness (QED) is 0.862. The molecule has 2 aromatic rings. The van der Waals surface area contributed by atoms with Crippen molar-refractivity contribution >= 4 is 17.3 Å². The molecule has 1 atom stereocenters. The van der Waals surface area contributed by atoms with Gasteiger partial charge in [-0.15, -0.1) is 0 Å². The maximum atomic E-state index is 13.3. The van der Waals surface area contributed by atoms with Crippen molar-refractivity contribution in [1.82, 2.24) is 5.32 Å². The molecule has 0 saturated carbocycles. The Bertz CT molecular complexity index is 729. The van der Waals surface area contributed by atoms with Gasteiger partial charge in [-0.1, -0.05) is 29.8 Å². The maximum absolute atomic E-state index is 13.3. The minimum atomic E-state index is -0.180. The lowest BCUT2D eigenvalue weighted by Gasteiger charge is -2.31. The van der Waals surface area contributed by atoms with Gasteiger partial charge in [-0.25, -0.2) is 4.39 Å². The molecule has 4 rings (SSSR count). The van der Waals surface area contributed by atoms with Crippen LogP contribution in [0, 0.1) is 5.82 Å². The van der Waals surface area contributed by atoms with Crippen molar-refractivity contribution in [3.63, 3.8) is 0 Å². The largest absolute Gasteiger partial charge is 0.363 e. The molecule has 0 amide bonds. The van der Waals surface area contributed by atoms with Gasteiger partial charge in [0, 0.05) is 6.54 Å². The van der Waals surface area contributed by atoms with Crippen LogP contribution < -0.4 is 10.2 Å². The predicted molar refractivity (Wildman–Crippen MR) is 97.5 cm³/mol. The van der Waals surface area contributed by atoms with Gasteiger partial charge >= 0.3 is 0 Å². The third-order valence-electron chi connectivity index (χ3n) is 5.25. The van der Waals surface area contributed by atoms with Gasteiger partial charge in [0.15, 0.2) is 0 Å². The summed E-state index contributed by atoms with van der Waals surface area (Å²) in [6.45, 7) is 3.02. The summed E-state index contributed by atoms with van der Waals surface area (Å²) < 4.78 is 13.3. The Balaban J connectivity index is 1.76. The van der Waals surface area contributed by atoms with E-state index in [0.717, 1.165) is 50.3 Å². The normalized spacial score (nSPS) is 20.8. The van der Waals surface area contributed by atoms with Gasteiger partial charge in [0.2, 0.25) is 0 Å². The summed E-state index contributed by atoms with van der Waals surface area (Å²) in [6.07, 6.45) is 4.29. The van der Waals surface area contributed by atoms with Crippen molar-refractivity contribution < 1.29 is 4.39 Å². The maximum Gasteiger partial charge on any atom is 0.123 e. The van der Waals surface area contributed by atoms with Crippen molar-refractivity contribution in [3.8, 4) is 0 Å². The summed E-state index contributed by atoms with van der Waals surface area (Å²) >= 11 is 6.65. The molecule has 2 aliphatic heterocycles. The second kappa shape index (κ2) is 6.73. The SMILES string of the molecule is Fc1ccc(C2CCCN2c2c(Cl)ccc3c2CCNCC3)cc1. The number of rotatable bonds is 2.